The summed E-state index contributed by atoms with van der Waals surface area (Å²) in [5.41, 5.74) is 8.18. The number of hydrogen-bond donors (Lipinski definition) is 2. The molecule has 50 heavy (non-hydrogen) atoms. The van der Waals surface area contributed by atoms with E-state index in [0.717, 1.165) is 33.2 Å². The zero-order chi connectivity index (χ0) is 34.7. The van der Waals surface area contributed by atoms with Crippen molar-refractivity contribution < 1.29 is 19.0 Å². The molecule has 0 saturated carbocycles. The van der Waals surface area contributed by atoms with Crippen LogP contribution in [0.4, 0.5) is 10.8 Å². The molecule has 0 aliphatic rings. The Bertz CT molecular complexity index is 2050. The van der Waals surface area contributed by atoms with Crippen molar-refractivity contribution >= 4 is 57.5 Å². The van der Waals surface area contributed by atoms with E-state index in [1.165, 1.54) is 17.6 Å². The van der Waals surface area contributed by atoms with E-state index in [1.807, 2.05) is 103 Å². The molecule has 0 aliphatic heterocycles. The summed E-state index contributed by atoms with van der Waals surface area (Å²) >= 11 is 14.6. The van der Waals surface area contributed by atoms with Crippen molar-refractivity contribution in [2.45, 2.75) is 20.1 Å². The summed E-state index contributed by atoms with van der Waals surface area (Å²) < 4.78 is 17.8. The first-order chi connectivity index (χ1) is 24.4. The van der Waals surface area contributed by atoms with E-state index in [1.54, 1.807) is 24.3 Å². The minimum absolute atomic E-state index is 0.203. The molecule has 0 unspecified atom stereocenters. The molecular weight excluding hydrogens is 691 g/mol. The first-order valence-corrected chi connectivity index (χ1v) is 17.3. The minimum Gasteiger partial charge on any atom is -0.490 e. The second-order valence-corrected chi connectivity index (χ2v) is 12.6. The molecule has 0 aliphatic carbocycles. The van der Waals surface area contributed by atoms with Crippen molar-refractivity contribution in [1.29, 1.82) is 0 Å². The van der Waals surface area contributed by atoms with Crippen molar-refractivity contribution in [2.75, 3.05) is 11.9 Å². The number of para-hydroxylation sites is 1. The molecule has 0 bridgehead atoms. The van der Waals surface area contributed by atoms with E-state index in [4.69, 9.17) is 37.4 Å². The quantitative estimate of drug-likeness (QED) is 0.0859. The van der Waals surface area contributed by atoms with Crippen LogP contribution in [0, 0.1) is 0 Å². The van der Waals surface area contributed by atoms with Gasteiger partial charge in [0.25, 0.3) is 5.91 Å². The number of hydrazone groups is 1. The summed E-state index contributed by atoms with van der Waals surface area (Å²) in [6.45, 7) is 3.04. The van der Waals surface area contributed by atoms with E-state index in [2.05, 4.69) is 20.8 Å². The van der Waals surface area contributed by atoms with Crippen LogP contribution in [0.2, 0.25) is 10.0 Å². The third-order valence-corrected chi connectivity index (χ3v) is 8.62. The molecule has 0 radical (unpaired) electrons. The molecule has 5 aromatic carbocycles. The van der Waals surface area contributed by atoms with Crippen molar-refractivity contribution in [3.05, 3.63) is 153 Å². The highest BCUT2D eigenvalue weighted by molar-refractivity contribution is 7.14. The Kier molecular flexibility index (Phi) is 11.6. The molecule has 1 amide bonds. The van der Waals surface area contributed by atoms with Crippen LogP contribution >= 0.6 is 34.5 Å². The van der Waals surface area contributed by atoms with Crippen LogP contribution in [0.15, 0.2) is 126 Å². The zero-order valence-electron chi connectivity index (χ0n) is 26.9. The Balaban J connectivity index is 1.02. The third-order valence-electron chi connectivity index (χ3n) is 7.30. The van der Waals surface area contributed by atoms with Gasteiger partial charge in [0.1, 0.15) is 13.2 Å². The summed E-state index contributed by atoms with van der Waals surface area (Å²) in [6.07, 6.45) is 1.47. The van der Waals surface area contributed by atoms with Gasteiger partial charge in [0.2, 0.25) is 0 Å². The lowest BCUT2D eigenvalue weighted by molar-refractivity contribution is 0.0955. The normalized spacial score (nSPS) is 10.9. The molecule has 6 rings (SSSR count). The topological polar surface area (TPSA) is 94.1 Å². The molecule has 11 heteroatoms. The van der Waals surface area contributed by atoms with Crippen LogP contribution < -0.4 is 25.0 Å². The Morgan fingerprint density at radius 1 is 0.800 bits per heavy atom. The summed E-state index contributed by atoms with van der Waals surface area (Å²) in [5.74, 6) is 1.24. The van der Waals surface area contributed by atoms with Gasteiger partial charge in [0.15, 0.2) is 22.4 Å². The fraction of sp³-hybridized carbons (Fsp3) is 0.103. The second kappa shape index (κ2) is 16.8. The molecule has 8 nitrogen and oxygen atoms in total. The lowest BCUT2D eigenvalue weighted by Gasteiger charge is -2.15. The van der Waals surface area contributed by atoms with Crippen molar-refractivity contribution in [3.8, 4) is 28.5 Å². The van der Waals surface area contributed by atoms with Gasteiger partial charge < -0.3 is 19.5 Å². The van der Waals surface area contributed by atoms with E-state index >= 15 is 0 Å². The lowest BCUT2D eigenvalue weighted by atomic mass is 10.1. The van der Waals surface area contributed by atoms with Gasteiger partial charge in [0, 0.05) is 22.2 Å². The van der Waals surface area contributed by atoms with Gasteiger partial charge in [-0.3, -0.25) is 4.79 Å². The number of rotatable bonds is 14. The van der Waals surface area contributed by atoms with Gasteiger partial charge in [-0.25, -0.2) is 10.4 Å². The predicted octanol–water partition coefficient (Wildman–Crippen LogP) is 10.2. The first-order valence-electron chi connectivity index (χ1n) is 15.7. The molecule has 1 heterocycles. The fourth-order valence-corrected chi connectivity index (χ4v) is 6.20. The number of benzene rings is 5. The highest BCUT2D eigenvalue weighted by Crippen LogP contribution is 2.36. The Labute approximate surface area is 304 Å². The van der Waals surface area contributed by atoms with Crippen molar-refractivity contribution in [1.82, 2.24) is 10.4 Å². The Morgan fingerprint density at radius 2 is 1.50 bits per heavy atom. The van der Waals surface area contributed by atoms with Crippen LogP contribution in [-0.4, -0.2) is 23.7 Å². The monoisotopic (exact) mass is 722 g/mol. The summed E-state index contributed by atoms with van der Waals surface area (Å²) in [5, 5.41) is 10.7. The highest BCUT2D eigenvalue weighted by atomic mass is 35.5. The second-order valence-electron chi connectivity index (χ2n) is 10.9. The first kappa shape index (κ1) is 34.5. The maximum atomic E-state index is 12.7. The number of amides is 1. The summed E-state index contributed by atoms with van der Waals surface area (Å²) in [6, 6.07) is 35.9. The number of carbonyl (C=O) groups is 1. The molecule has 1 aromatic heterocycles. The van der Waals surface area contributed by atoms with Gasteiger partial charge in [-0.2, -0.15) is 5.10 Å². The summed E-state index contributed by atoms with van der Waals surface area (Å²) in [4.78, 5) is 17.4. The number of anilines is 2. The van der Waals surface area contributed by atoms with Crippen molar-refractivity contribution in [3.63, 3.8) is 0 Å². The number of hydrogen-bond acceptors (Lipinski definition) is 8. The molecule has 252 valence electrons. The molecule has 0 fully saturated rings. The minimum atomic E-state index is -0.363. The van der Waals surface area contributed by atoms with Crippen molar-refractivity contribution in [2.24, 2.45) is 5.10 Å². The number of aromatic nitrogens is 1. The standard InChI is InChI=1S/C39H32Cl2N4O4S/c1-2-47-36-21-27(13-18-35(36)48-23-26-9-5-3-6-10-26)24-49-37-32(40)19-28(20-33(37)41)22-42-45-38(46)30-16-14-29(15-17-30)34-25-50-39(44-34)43-31-11-7-4-8-12-31/h3-22,25H,2,23-24H2,1H3,(H,43,44)(H,45,46)/b42-22+. The number of thiazole rings is 1. The van der Waals surface area contributed by atoms with E-state index < -0.39 is 0 Å². The Hall–Kier alpha value is -5.35. The van der Waals surface area contributed by atoms with E-state index in [0.29, 0.717) is 51.6 Å². The molecular formula is C39H32Cl2N4O4S. The number of ether oxygens (including phenoxy) is 3. The zero-order valence-corrected chi connectivity index (χ0v) is 29.3. The maximum absolute atomic E-state index is 12.7. The van der Waals surface area contributed by atoms with Crippen LogP contribution in [0.3, 0.4) is 0 Å². The van der Waals surface area contributed by atoms with E-state index in [9.17, 15) is 4.79 Å². The fourth-order valence-electron chi connectivity index (χ4n) is 4.84. The molecule has 2 N–H and O–H groups in total. The molecule has 0 saturated heterocycles. The SMILES string of the molecule is CCOc1cc(COc2c(Cl)cc(/C=N/NC(=O)c3ccc(-c4csc(Nc5ccccc5)n4)cc3)cc2Cl)ccc1OCc1ccccc1. The van der Waals surface area contributed by atoms with Gasteiger partial charge in [-0.15, -0.1) is 11.3 Å². The van der Waals surface area contributed by atoms with E-state index in [-0.39, 0.29) is 12.5 Å². The van der Waals surface area contributed by atoms with Gasteiger partial charge in [-0.1, -0.05) is 89.9 Å². The molecule has 0 spiro atoms. The highest BCUT2D eigenvalue weighted by Gasteiger charge is 2.13. The number of carbonyl (C=O) groups excluding carboxylic acids is 1. The van der Waals surface area contributed by atoms with Gasteiger partial charge in [0.05, 0.1) is 28.6 Å². The van der Waals surface area contributed by atoms with Gasteiger partial charge >= 0.3 is 0 Å². The average molecular weight is 724 g/mol. The van der Waals surface area contributed by atoms with Gasteiger partial charge in [-0.05, 0) is 72.1 Å². The smallest absolute Gasteiger partial charge is 0.271 e. The largest absolute Gasteiger partial charge is 0.490 e. The summed E-state index contributed by atoms with van der Waals surface area (Å²) in [7, 11) is 0. The molecule has 6 aromatic rings. The maximum Gasteiger partial charge on any atom is 0.271 e. The number of nitrogens with zero attached hydrogens (tertiary/aromatic N) is 2. The van der Waals surface area contributed by atoms with Crippen LogP contribution in [0.5, 0.6) is 17.2 Å². The third kappa shape index (κ3) is 9.21. The molecule has 0 atom stereocenters. The number of nitrogens with one attached hydrogen (secondary N) is 2. The Morgan fingerprint density at radius 3 is 2.22 bits per heavy atom. The predicted molar refractivity (Wildman–Crippen MR) is 202 cm³/mol. The average Bonchev–Trinajstić information content (AvgIpc) is 3.60. The van der Waals surface area contributed by atoms with Crippen LogP contribution in [0.25, 0.3) is 11.3 Å². The lowest BCUT2D eigenvalue weighted by Crippen LogP contribution is -2.17. The van der Waals surface area contributed by atoms with Crippen LogP contribution in [0.1, 0.15) is 34.0 Å². The number of halogens is 2. The van der Waals surface area contributed by atoms with Crippen LogP contribution in [-0.2, 0) is 13.2 Å².